The van der Waals surface area contributed by atoms with Crippen LogP contribution < -0.4 is 5.73 Å². The highest BCUT2D eigenvalue weighted by atomic mass is 79.9. The van der Waals surface area contributed by atoms with E-state index in [4.69, 9.17) is 5.73 Å². The Morgan fingerprint density at radius 3 is 2.60 bits per heavy atom. The van der Waals surface area contributed by atoms with Gasteiger partial charge in [-0.25, -0.2) is 8.42 Å². The summed E-state index contributed by atoms with van der Waals surface area (Å²) in [7, 11) is -3.50. The summed E-state index contributed by atoms with van der Waals surface area (Å²) in [6, 6.07) is 3.42. The van der Waals surface area contributed by atoms with Gasteiger partial charge in [0.05, 0.1) is 4.90 Å². The van der Waals surface area contributed by atoms with E-state index in [0.29, 0.717) is 33.1 Å². The van der Waals surface area contributed by atoms with Gasteiger partial charge in [0.2, 0.25) is 10.0 Å². The van der Waals surface area contributed by atoms with E-state index >= 15 is 0 Å². The van der Waals surface area contributed by atoms with E-state index in [2.05, 4.69) is 22.9 Å². The van der Waals surface area contributed by atoms with E-state index < -0.39 is 10.0 Å². The Labute approximate surface area is 129 Å². The molecule has 6 heteroatoms. The van der Waals surface area contributed by atoms with Crippen LogP contribution in [-0.2, 0) is 10.0 Å². The summed E-state index contributed by atoms with van der Waals surface area (Å²) in [4.78, 5) is 0.310. The Hall–Kier alpha value is -0.590. The van der Waals surface area contributed by atoms with E-state index in [1.54, 1.807) is 23.4 Å². The second kappa shape index (κ2) is 5.66. The van der Waals surface area contributed by atoms with Gasteiger partial charge in [-0.2, -0.15) is 4.31 Å². The fourth-order valence-electron chi connectivity index (χ4n) is 2.65. The van der Waals surface area contributed by atoms with Gasteiger partial charge < -0.3 is 5.73 Å². The molecule has 1 aliphatic rings. The van der Waals surface area contributed by atoms with Crippen LogP contribution in [0.3, 0.4) is 0 Å². The van der Waals surface area contributed by atoms with Gasteiger partial charge in [-0.1, -0.05) is 22.9 Å². The SMILES string of the molecule is Cc1c(N)cc(Br)cc1S(=O)(=O)N1CC(C)CCC1C. The number of nitrogens with zero attached hydrogens (tertiary/aromatic N) is 1. The van der Waals surface area contributed by atoms with Crippen LogP contribution in [0.5, 0.6) is 0 Å². The third-order valence-electron chi connectivity index (χ3n) is 4.01. The summed E-state index contributed by atoms with van der Waals surface area (Å²) in [6.45, 7) is 6.40. The zero-order valence-electron chi connectivity index (χ0n) is 12.1. The Kier molecular flexibility index (Phi) is 4.47. The standard InChI is InChI=1S/C14H21BrN2O2S/c1-9-4-5-10(2)17(8-9)20(18,19)14-7-12(15)6-13(16)11(14)3/h6-7,9-10H,4-5,8,16H2,1-3H3. The molecular weight excluding hydrogens is 340 g/mol. The molecule has 2 rings (SSSR count). The van der Waals surface area contributed by atoms with Crippen LogP contribution in [-0.4, -0.2) is 25.3 Å². The highest BCUT2D eigenvalue weighted by Gasteiger charge is 2.34. The molecule has 2 atom stereocenters. The number of rotatable bonds is 2. The van der Waals surface area contributed by atoms with Gasteiger partial charge in [0.25, 0.3) is 0 Å². The molecule has 0 saturated carbocycles. The summed E-state index contributed by atoms with van der Waals surface area (Å²) in [6.07, 6.45) is 1.98. The summed E-state index contributed by atoms with van der Waals surface area (Å²) in [5.74, 6) is 0.394. The van der Waals surface area contributed by atoms with Crippen molar-refractivity contribution < 1.29 is 8.42 Å². The average molecular weight is 361 g/mol. The summed E-state index contributed by atoms with van der Waals surface area (Å²) in [5, 5.41) is 0. The number of nitrogen functional groups attached to an aromatic ring is 1. The Bertz CT molecular complexity index is 616. The number of hydrogen-bond acceptors (Lipinski definition) is 3. The Morgan fingerprint density at radius 1 is 1.30 bits per heavy atom. The van der Waals surface area contributed by atoms with Gasteiger partial charge in [0.1, 0.15) is 0 Å². The minimum absolute atomic E-state index is 0.0378. The number of halogens is 1. The van der Waals surface area contributed by atoms with E-state index in [-0.39, 0.29) is 6.04 Å². The maximum absolute atomic E-state index is 12.9. The highest BCUT2D eigenvalue weighted by Crippen LogP contribution is 2.32. The Morgan fingerprint density at radius 2 is 1.95 bits per heavy atom. The maximum atomic E-state index is 12.9. The zero-order chi connectivity index (χ0) is 15.1. The molecule has 0 amide bonds. The molecule has 4 nitrogen and oxygen atoms in total. The monoisotopic (exact) mass is 360 g/mol. The molecule has 0 radical (unpaired) electrons. The fourth-order valence-corrected chi connectivity index (χ4v) is 5.34. The smallest absolute Gasteiger partial charge is 0.243 e. The second-order valence-corrected chi connectivity index (χ2v) is 8.50. The molecule has 1 fully saturated rings. The Balaban J connectivity index is 2.50. The van der Waals surface area contributed by atoms with Crippen LogP contribution >= 0.6 is 15.9 Å². The molecule has 1 aromatic carbocycles. The first-order valence-electron chi connectivity index (χ1n) is 6.81. The molecule has 1 heterocycles. The number of nitrogens with two attached hydrogens (primary N) is 1. The molecular formula is C14H21BrN2O2S. The first-order valence-corrected chi connectivity index (χ1v) is 9.04. The maximum Gasteiger partial charge on any atom is 0.243 e. The third kappa shape index (κ3) is 2.87. The van der Waals surface area contributed by atoms with Crippen molar-refractivity contribution in [2.24, 2.45) is 5.92 Å². The van der Waals surface area contributed by atoms with Crippen LogP contribution in [0.4, 0.5) is 5.69 Å². The van der Waals surface area contributed by atoms with Crippen LogP contribution in [0.15, 0.2) is 21.5 Å². The third-order valence-corrected chi connectivity index (χ3v) is 6.58. The molecule has 1 aliphatic heterocycles. The largest absolute Gasteiger partial charge is 0.398 e. The molecule has 20 heavy (non-hydrogen) atoms. The predicted octanol–water partition coefficient (Wildman–Crippen LogP) is 3.15. The van der Waals surface area contributed by atoms with Crippen molar-refractivity contribution in [3.63, 3.8) is 0 Å². The number of sulfonamides is 1. The van der Waals surface area contributed by atoms with E-state index in [1.165, 1.54) is 0 Å². The van der Waals surface area contributed by atoms with Crippen molar-refractivity contribution in [2.45, 2.75) is 44.6 Å². The lowest BCUT2D eigenvalue weighted by Crippen LogP contribution is -2.45. The molecule has 112 valence electrons. The van der Waals surface area contributed by atoms with Gasteiger partial charge in [-0.05, 0) is 50.3 Å². The highest BCUT2D eigenvalue weighted by molar-refractivity contribution is 9.10. The lowest BCUT2D eigenvalue weighted by atomic mass is 9.97. The summed E-state index contributed by atoms with van der Waals surface area (Å²) < 4.78 is 28.1. The fraction of sp³-hybridized carbons (Fsp3) is 0.571. The lowest BCUT2D eigenvalue weighted by molar-refractivity contribution is 0.218. The minimum atomic E-state index is -3.50. The average Bonchev–Trinajstić information content (AvgIpc) is 2.36. The minimum Gasteiger partial charge on any atom is -0.398 e. The summed E-state index contributed by atoms with van der Waals surface area (Å²) in [5.41, 5.74) is 7.02. The van der Waals surface area contributed by atoms with Gasteiger partial charge in [0.15, 0.2) is 0 Å². The normalized spacial score (nSPS) is 24.8. The van der Waals surface area contributed by atoms with Gasteiger partial charge >= 0.3 is 0 Å². The number of anilines is 1. The topological polar surface area (TPSA) is 63.4 Å². The molecule has 1 saturated heterocycles. The van der Waals surface area contributed by atoms with Crippen molar-refractivity contribution in [2.75, 3.05) is 12.3 Å². The van der Waals surface area contributed by atoms with Crippen molar-refractivity contribution in [1.82, 2.24) is 4.31 Å². The molecule has 2 N–H and O–H groups in total. The second-order valence-electron chi connectivity index (χ2n) is 5.72. The first-order chi connectivity index (χ1) is 9.23. The zero-order valence-corrected chi connectivity index (χ0v) is 14.5. The molecule has 0 bridgehead atoms. The summed E-state index contributed by atoms with van der Waals surface area (Å²) >= 11 is 3.33. The van der Waals surface area contributed by atoms with Crippen molar-refractivity contribution in [3.05, 3.63) is 22.2 Å². The molecule has 0 aromatic heterocycles. The molecule has 0 aliphatic carbocycles. The molecule has 2 unspecified atom stereocenters. The van der Waals surface area contributed by atoms with E-state index in [9.17, 15) is 8.42 Å². The van der Waals surface area contributed by atoms with Crippen LogP contribution in [0.25, 0.3) is 0 Å². The van der Waals surface area contributed by atoms with Crippen LogP contribution in [0.2, 0.25) is 0 Å². The first kappa shape index (κ1) is 15.8. The van der Waals surface area contributed by atoms with Gasteiger partial charge in [-0.3, -0.25) is 0 Å². The van der Waals surface area contributed by atoms with Gasteiger partial charge in [-0.15, -0.1) is 0 Å². The van der Waals surface area contributed by atoms with E-state index in [1.807, 2.05) is 6.92 Å². The van der Waals surface area contributed by atoms with Crippen LogP contribution in [0, 0.1) is 12.8 Å². The number of piperidine rings is 1. The number of benzene rings is 1. The van der Waals surface area contributed by atoms with Crippen LogP contribution in [0.1, 0.15) is 32.3 Å². The van der Waals surface area contributed by atoms with Crippen molar-refractivity contribution >= 4 is 31.6 Å². The van der Waals surface area contributed by atoms with Crippen molar-refractivity contribution in [1.29, 1.82) is 0 Å². The lowest BCUT2D eigenvalue weighted by Gasteiger charge is -2.36. The predicted molar refractivity (Wildman–Crippen MR) is 85.0 cm³/mol. The van der Waals surface area contributed by atoms with E-state index in [0.717, 1.165) is 12.8 Å². The van der Waals surface area contributed by atoms with Crippen molar-refractivity contribution in [3.8, 4) is 0 Å². The number of hydrogen-bond donors (Lipinski definition) is 1. The molecule has 0 spiro atoms. The quantitative estimate of drug-likeness (QED) is 0.823. The van der Waals surface area contributed by atoms with Gasteiger partial charge in [0, 0.05) is 22.7 Å². The molecule has 1 aromatic rings.